The second-order valence-corrected chi connectivity index (χ2v) is 7.23. The fourth-order valence-electron chi connectivity index (χ4n) is 3.58. The summed E-state index contributed by atoms with van der Waals surface area (Å²) in [6.45, 7) is -0.285. The molecule has 2 heterocycles. The molecular weight excluding hydrogens is 368 g/mol. The van der Waals surface area contributed by atoms with Gasteiger partial charge in [0.1, 0.15) is 5.76 Å². The molecule has 0 spiro atoms. The van der Waals surface area contributed by atoms with Crippen LogP contribution in [0.3, 0.4) is 0 Å². The van der Waals surface area contributed by atoms with Crippen molar-refractivity contribution in [1.29, 1.82) is 0 Å². The SMILES string of the molecule is CN(C)C(=O)COC(=O)c1c2c(nc3ccccc13)C(=Cc1ccco1)CCC2. The highest BCUT2D eigenvalue weighted by molar-refractivity contribution is 6.07. The van der Waals surface area contributed by atoms with Crippen LogP contribution in [0, 0.1) is 0 Å². The first-order valence-electron chi connectivity index (χ1n) is 9.58. The average molecular weight is 390 g/mol. The van der Waals surface area contributed by atoms with Gasteiger partial charge in [0.05, 0.1) is 23.0 Å². The molecule has 3 aromatic rings. The van der Waals surface area contributed by atoms with E-state index in [1.807, 2.05) is 42.5 Å². The highest BCUT2D eigenvalue weighted by Crippen LogP contribution is 2.36. The van der Waals surface area contributed by atoms with Gasteiger partial charge in [0.15, 0.2) is 6.61 Å². The van der Waals surface area contributed by atoms with Gasteiger partial charge in [0.25, 0.3) is 5.91 Å². The summed E-state index contributed by atoms with van der Waals surface area (Å²) in [5.41, 5.74) is 3.93. The van der Waals surface area contributed by atoms with Crippen LogP contribution < -0.4 is 0 Å². The lowest BCUT2D eigenvalue weighted by Gasteiger charge is -2.22. The fraction of sp³-hybridized carbons (Fsp3) is 0.261. The van der Waals surface area contributed by atoms with E-state index < -0.39 is 5.97 Å². The second-order valence-electron chi connectivity index (χ2n) is 7.23. The van der Waals surface area contributed by atoms with E-state index in [4.69, 9.17) is 14.1 Å². The van der Waals surface area contributed by atoms with Gasteiger partial charge in [-0.2, -0.15) is 0 Å². The van der Waals surface area contributed by atoms with Crippen molar-refractivity contribution in [3.63, 3.8) is 0 Å². The lowest BCUT2D eigenvalue weighted by Crippen LogP contribution is -2.28. The van der Waals surface area contributed by atoms with E-state index >= 15 is 0 Å². The van der Waals surface area contributed by atoms with E-state index in [-0.39, 0.29) is 12.5 Å². The molecule has 0 aliphatic heterocycles. The van der Waals surface area contributed by atoms with Gasteiger partial charge < -0.3 is 14.1 Å². The Bertz CT molecular complexity index is 1100. The smallest absolute Gasteiger partial charge is 0.339 e. The van der Waals surface area contributed by atoms with Crippen LogP contribution in [-0.4, -0.2) is 42.5 Å². The number of esters is 1. The van der Waals surface area contributed by atoms with E-state index in [9.17, 15) is 9.59 Å². The lowest BCUT2D eigenvalue weighted by atomic mass is 9.86. The van der Waals surface area contributed by atoms with E-state index in [2.05, 4.69) is 0 Å². The first-order chi connectivity index (χ1) is 14.0. The molecule has 29 heavy (non-hydrogen) atoms. The predicted octanol–water partition coefficient (Wildman–Crippen LogP) is 3.95. The van der Waals surface area contributed by atoms with Crippen LogP contribution in [-0.2, 0) is 16.0 Å². The van der Waals surface area contributed by atoms with Gasteiger partial charge in [-0.05, 0) is 54.7 Å². The minimum absolute atomic E-state index is 0.260. The van der Waals surface area contributed by atoms with E-state index in [0.29, 0.717) is 5.56 Å². The van der Waals surface area contributed by atoms with E-state index in [1.165, 1.54) is 4.90 Å². The number of carbonyl (C=O) groups is 2. The van der Waals surface area contributed by atoms with Crippen molar-refractivity contribution < 1.29 is 18.7 Å². The van der Waals surface area contributed by atoms with Gasteiger partial charge in [0.2, 0.25) is 0 Å². The number of pyridine rings is 1. The number of benzene rings is 1. The molecular formula is C23H22N2O4. The topological polar surface area (TPSA) is 72.6 Å². The van der Waals surface area contributed by atoms with Crippen LogP contribution in [0.2, 0.25) is 0 Å². The number of hydrogen-bond acceptors (Lipinski definition) is 5. The van der Waals surface area contributed by atoms with Gasteiger partial charge in [-0.1, -0.05) is 18.2 Å². The summed E-state index contributed by atoms with van der Waals surface area (Å²) in [7, 11) is 3.26. The molecule has 6 heteroatoms. The number of nitrogens with zero attached hydrogens (tertiary/aromatic N) is 2. The minimum Gasteiger partial charge on any atom is -0.465 e. The quantitative estimate of drug-likeness (QED) is 0.631. The van der Waals surface area contributed by atoms with Crippen LogP contribution in [0.1, 0.15) is 40.2 Å². The van der Waals surface area contributed by atoms with Crippen molar-refractivity contribution in [3.8, 4) is 0 Å². The summed E-state index contributed by atoms with van der Waals surface area (Å²) in [6.07, 6.45) is 6.09. The van der Waals surface area contributed by atoms with Gasteiger partial charge in [0, 0.05) is 19.5 Å². The van der Waals surface area contributed by atoms with Crippen molar-refractivity contribution in [2.75, 3.05) is 20.7 Å². The zero-order chi connectivity index (χ0) is 20.4. The fourth-order valence-corrected chi connectivity index (χ4v) is 3.58. The number of hydrogen-bond donors (Lipinski definition) is 0. The highest BCUT2D eigenvalue weighted by atomic mass is 16.5. The molecule has 1 aromatic carbocycles. The Labute approximate surface area is 168 Å². The third-order valence-corrected chi connectivity index (χ3v) is 5.06. The molecule has 1 aliphatic rings. The van der Waals surface area contributed by atoms with Gasteiger partial charge in [-0.25, -0.2) is 9.78 Å². The number of ether oxygens (including phenoxy) is 1. The first-order valence-corrected chi connectivity index (χ1v) is 9.58. The number of fused-ring (bicyclic) bond motifs is 2. The summed E-state index contributed by atoms with van der Waals surface area (Å²) in [5.74, 6) is 0.00166. The monoisotopic (exact) mass is 390 g/mol. The summed E-state index contributed by atoms with van der Waals surface area (Å²) in [6, 6.07) is 11.3. The minimum atomic E-state index is -0.491. The van der Waals surface area contributed by atoms with Crippen LogP contribution in [0.25, 0.3) is 22.6 Å². The molecule has 0 saturated carbocycles. The number of rotatable bonds is 4. The molecule has 0 N–H and O–H groups in total. The molecule has 0 fully saturated rings. The lowest BCUT2D eigenvalue weighted by molar-refractivity contribution is -0.131. The number of aromatic nitrogens is 1. The number of likely N-dealkylation sites (N-methyl/N-ethyl adjacent to an activating group) is 1. The van der Waals surface area contributed by atoms with E-state index in [0.717, 1.165) is 52.8 Å². The molecule has 0 bridgehead atoms. The number of allylic oxidation sites excluding steroid dienone is 1. The number of furan rings is 1. The molecule has 4 rings (SSSR count). The Hall–Kier alpha value is -3.41. The Morgan fingerprint density at radius 3 is 2.76 bits per heavy atom. The number of para-hydroxylation sites is 1. The average Bonchev–Trinajstić information content (AvgIpc) is 3.23. The predicted molar refractivity (Wildman–Crippen MR) is 110 cm³/mol. The van der Waals surface area contributed by atoms with Crippen molar-refractivity contribution in [2.24, 2.45) is 0 Å². The zero-order valence-corrected chi connectivity index (χ0v) is 16.5. The third-order valence-electron chi connectivity index (χ3n) is 5.06. The van der Waals surface area contributed by atoms with Crippen LogP contribution >= 0.6 is 0 Å². The molecule has 148 valence electrons. The van der Waals surface area contributed by atoms with Crippen LogP contribution in [0.4, 0.5) is 0 Å². The van der Waals surface area contributed by atoms with E-state index in [1.54, 1.807) is 20.4 Å². The standard InChI is InChI=1S/C23H22N2O4/c1-25(2)20(26)14-29-23(27)21-17-9-3-4-11-19(17)24-22-15(7-5-10-18(21)22)13-16-8-6-12-28-16/h3-4,6,8-9,11-13H,5,7,10,14H2,1-2H3. The van der Waals surface area contributed by atoms with Crippen molar-refractivity contribution in [1.82, 2.24) is 9.88 Å². The summed E-state index contributed by atoms with van der Waals surface area (Å²) < 4.78 is 10.8. The van der Waals surface area contributed by atoms with Crippen molar-refractivity contribution in [3.05, 3.63) is 65.2 Å². The van der Waals surface area contributed by atoms with Gasteiger partial charge in [-0.15, -0.1) is 0 Å². The molecule has 1 aliphatic carbocycles. The molecule has 0 radical (unpaired) electrons. The Morgan fingerprint density at radius 2 is 2.00 bits per heavy atom. The van der Waals surface area contributed by atoms with Crippen molar-refractivity contribution >= 4 is 34.4 Å². The Kier molecular flexibility index (Phi) is 5.16. The molecule has 0 saturated heterocycles. The maximum absolute atomic E-state index is 13.0. The molecule has 0 unspecified atom stereocenters. The summed E-state index contributed by atoms with van der Waals surface area (Å²) in [4.78, 5) is 31.2. The van der Waals surface area contributed by atoms with Gasteiger partial charge >= 0.3 is 5.97 Å². The van der Waals surface area contributed by atoms with Crippen molar-refractivity contribution in [2.45, 2.75) is 19.3 Å². The zero-order valence-electron chi connectivity index (χ0n) is 16.5. The number of carbonyl (C=O) groups excluding carboxylic acids is 2. The number of amides is 1. The summed E-state index contributed by atoms with van der Waals surface area (Å²) in [5, 5.41) is 0.743. The highest BCUT2D eigenvalue weighted by Gasteiger charge is 2.26. The Morgan fingerprint density at radius 1 is 1.17 bits per heavy atom. The normalized spacial score (nSPS) is 14.6. The maximum atomic E-state index is 13.0. The molecule has 6 nitrogen and oxygen atoms in total. The molecule has 2 aromatic heterocycles. The largest absolute Gasteiger partial charge is 0.465 e. The maximum Gasteiger partial charge on any atom is 0.339 e. The van der Waals surface area contributed by atoms with Gasteiger partial charge in [-0.3, -0.25) is 4.79 Å². The first kappa shape index (κ1) is 18.9. The van der Waals surface area contributed by atoms with Crippen LogP contribution in [0.5, 0.6) is 0 Å². The third kappa shape index (κ3) is 3.78. The van der Waals surface area contributed by atoms with Crippen LogP contribution in [0.15, 0.2) is 47.1 Å². The second kappa shape index (κ2) is 7.91. The molecule has 1 amide bonds. The summed E-state index contributed by atoms with van der Waals surface area (Å²) >= 11 is 0. The molecule has 0 atom stereocenters. The Balaban J connectivity index is 1.81.